The van der Waals surface area contributed by atoms with Gasteiger partial charge in [0, 0.05) is 32.7 Å². The average Bonchev–Trinajstić information content (AvgIpc) is 3.12. The SMILES string of the molecule is CC(C)(C)C(=O)c1cn(COCC[Si](C)(C)C)c2ncc(N3C(=O)CCc4ccccc43)nc12. The standard InChI is InChI=1S/C26H34N4O3Si/c1-26(2,3)24(32)19-16-29(17-33-13-14-34(4,5)6)25-23(19)28-21(15-27-25)30-20-10-8-7-9-18(20)11-12-22(30)31/h7-10,15-16H,11-14,17H2,1-6H3. The van der Waals surface area contributed by atoms with Gasteiger partial charge in [-0.15, -0.1) is 0 Å². The molecule has 0 fully saturated rings. The van der Waals surface area contributed by atoms with Gasteiger partial charge in [-0.2, -0.15) is 0 Å². The molecular formula is C26H34N4O3Si. The molecule has 4 rings (SSSR count). The van der Waals surface area contributed by atoms with Gasteiger partial charge in [-0.05, 0) is 24.1 Å². The number of fused-ring (bicyclic) bond motifs is 2. The molecule has 0 spiro atoms. The van der Waals surface area contributed by atoms with Crippen molar-refractivity contribution >= 4 is 42.4 Å². The molecule has 0 atom stereocenters. The minimum atomic E-state index is -1.20. The molecule has 2 aromatic heterocycles. The fraction of sp³-hybridized carbons (Fsp3) is 0.462. The third kappa shape index (κ3) is 4.98. The zero-order valence-electron chi connectivity index (χ0n) is 21.0. The maximum absolute atomic E-state index is 13.3. The number of ether oxygens (including phenoxy) is 1. The summed E-state index contributed by atoms with van der Waals surface area (Å²) in [5.41, 5.74) is 2.93. The van der Waals surface area contributed by atoms with Crippen molar-refractivity contribution in [3.8, 4) is 0 Å². The molecule has 3 aromatic rings. The highest BCUT2D eigenvalue weighted by atomic mass is 28.3. The van der Waals surface area contributed by atoms with Crippen LogP contribution in [0.15, 0.2) is 36.7 Å². The summed E-state index contributed by atoms with van der Waals surface area (Å²) in [7, 11) is -1.20. The predicted octanol–water partition coefficient (Wildman–Crippen LogP) is 5.58. The number of amides is 1. The molecule has 34 heavy (non-hydrogen) atoms. The molecule has 7 nitrogen and oxygen atoms in total. The molecule has 0 N–H and O–H groups in total. The summed E-state index contributed by atoms with van der Waals surface area (Å²) in [6.45, 7) is 13.6. The van der Waals surface area contributed by atoms with Crippen LogP contribution in [0.2, 0.25) is 25.7 Å². The minimum Gasteiger partial charge on any atom is -0.361 e. The first-order chi connectivity index (χ1) is 16.0. The van der Waals surface area contributed by atoms with E-state index in [1.807, 2.05) is 49.6 Å². The van der Waals surface area contributed by atoms with Crippen molar-refractivity contribution in [2.75, 3.05) is 11.5 Å². The van der Waals surface area contributed by atoms with Crippen molar-refractivity contribution in [1.29, 1.82) is 0 Å². The van der Waals surface area contributed by atoms with Crippen LogP contribution in [0.3, 0.4) is 0 Å². The Hall–Kier alpha value is -2.84. The van der Waals surface area contributed by atoms with Gasteiger partial charge in [0.05, 0.1) is 17.4 Å². The highest BCUT2D eigenvalue weighted by Gasteiger charge is 2.30. The zero-order chi connectivity index (χ0) is 24.7. The van der Waals surface area contributed by atoms with Crippen molar-refractivity contribution in [2.45, 2.75) is 66.0 Å². The van der Waals surface area contributed by atoms with Crippen molar-refractivity contribution in [2.24, 2.45) is 5.41 Å². The lowest BCUT2D eigenvalue weighted by molar-refractivity contribution is -0.118. The lowest BCUT2D eigenvalue weighted by Gasteiger charge is -2.28. The van der Waals surface area contributed by atoms with Crippen LogP contribution >= 0.6 is 0 Å². The van der Waals surface area contributed by atoms with Crippen LogP contribution in [0.1, 0.15) is 43.1 Å². The smallest absolute Gasteiger partial charge is 0.233 e. The molecule has 0 saturated heterocycles. The number of carbonyl (C=O) groups is 2. The third-order valence-corrected chi connectivity index (χ3v) is 7.73. The molecule has 0 bridgehead atoms. The number of hydrogen-bond donors (Lipinski definition) is 0. The molecule has 1 aliphatic heterocycles. The first kappa shape index (κ1) is 24.3. The van der Waals surface area contributed by atoms with Crippen molar-refractivity contribution in [3.05, 3.63) is 47.8 Å². The molecular weight excluding hydrogens is 444 g/mol. The summed E-state index contributed by atoms with van der Waals surface area (Å²) < 4.78 is 7.80. The number of aryl methyl sites for hydroxylation is 1. The van der Waals surface area contributed by atoms with Crippen molar-refractivity contribution < 1.29 is 14.3 Å². The van der Waals surface area contributed by atoms with Gasteiger partial charge in [0.1, 0.15) is 12.2 Å². The average molecular weight is 479 g/mol. The van der Waals surface area contributed by atoms with Crippen molar-refractivity contribution in [3.63, 3.8) is 0 Å². The molecule has 1 aromatic carbocycles. The van der Waals surface area contributed by atoms with E-state index in [0.29, 0.717) is 48.7 Å². The number of carbonyl (C=O) groups excluding carboxylic acids is 2. The Balaban J connectivity index is 1.75. The van der Waals surface area contributed by atoms with Gasteiger partial charge in [0.15, 0.2) is 17.2 Å². The van der Waals surface area contributed by atoms with E-state index in [1.165, 1.54) is 0 Å². The Kier molecular flexibility index (Phi) is 6.48. The van der Waals surface area contributed by atoms with Gasteiger partial charge in [0.25, 0.3) is 0 Å². The number of ketones is 1. The Labute approximate surface area is 202 Å². The van der Waals surface area contributed by atoms with E-state index in [2.05, 4.69) is 24.6 Å². The van der Waals surface area contributed by atoms with E-state index in [0.717, 1.165) is 17.3 Å². The summed E-state index contributed by atoms with van der Waals surface area (Å²) in [6.07, 6.45) is 4.53. The normalized spacial score (nSPS) is 14.5. The largest absolute Gasteiger partial charge is 0.361 e. The highest BCUT2D eigenvalue weighted by molar-refractivity contribution is 6.76. The van der Waals surface area contributed by atoms with Crippen LogP contribution in [-0.4, -0.2) is 40.9 Å². The van der Waals surface area contributed by atoms with E-state index in [9.17, 15) is 9.59 Å². The summed E-state index contributed by atoms with van der Waals surface area (Å²) in [6, 6.07) is 8.91. The Morgan fingerprint density at radius 2 is 1.88 bits per heavy atom. The van der Waals surface area contributed by atoms with Crippen LogP contribution in [0.4, 0.5) is 11.5 Å². The fourth-order valence-electron chi connectivity index (χ4n) is 4.04. The molecule has 1 amide bonds. The van der Waals surface area contributed by atoms with Gasteiger partial charge >= 0.3 is 0 Å². The molecule has 0 radical (unpaired) electrons. The molecule has 8 heteroatoms. The summed E-state index contributed by atoms with van der Waals surface area (Å²) in [4.78, 5) is 37.3. The number of rotatable bonds is 7. The first-order valence-electron chi connectivity index (χ1n) is 11.8. The molecule has 3 heterocycles. The summed E-state index contributed by atoms with van der Waals surface area (Å²) in [5.74, 6) is 0.394. The second kappa shape index (κ2) is 9.07. The Morgan fingerprint density at radius 1 is 1.15 bits per heavy atom. The number of Topliss-reactive ketones (excluding diaryl/α,β-unsaturated/α-hetero) is 1. The molecule has 0 unspecified atom stereocenters. The van der Waals surface area contributed by atoms with Gasteiger partial charge in [-0.3, -0.25) is 14.5 Å². The first-order valence-corrected chi connectivity index (χ1v) is 15.6. The zero-order valence-corrected chi connectivity index (χ0v) is 22.0. The molecule has 1 aliphatic rings. The summed E-state index contributed by atoms with van der Waals surface area (Å²) >= 11 is 0. The molecule has 0 aliphatic carbocycles. The van der Waals surface area contributed by atoms with E-state index < -0.39 is 13.5 Å². The van der Waals surface area contributed by atoms with Crippen LogP contribution < -0.4 is 4.90 Å². The Morgan fingerprint density at radius 3 is 2.59 bits per heavy atom. The predicted molar refractivity (Wildman–Crippen MR) is 137 cm³/mol. The number of nitrogens with zero attached hydrogens (tertiary/aromatic N) is 4. The van der Waals surface area contributed by atoms with E-state index in [-0.39, 0.29) is 11.7 Å². The van der Waals surface area contributed by atoms with Gasteiger partial charge in [-0.25, -0.2) is 9.97 Å². The van der Waals surface area contributed by atoms with Crippen LogP contribution in [0.25, 0.3) is 11.2 Å². The highest BCUT2D eigenvalue weighted by Crippen LogP contribution is 2.34. The maximum Gasteiger partial charge on any atom is 0.233 e. The number of anilines is 2. The lowest BCUT2D eigenvalue weighted by atomic mass is 9.87. The van der Waals surface area contributed by atoms with E-state index in [1.54, 1.807) is 17.3 Å². The summed E-state index contributed by atoms with van der Waals surface area (Å²) in [5, 5.41) is 0. The van der Waals surface area contributed by atoms with Crippen molar-refractivity contribution in [1.82, 2.24) is 14.5 Å². The van der Waals surface area contributed by atoms with Crippen LogP contribution in [0.5, 0.6) is 0 Å². The minimum absolute atomic E-state index is 0.0184. The quantitative estimate of drug-likeness (QED) is 0.252. The van der Waals surface area contributed by atoms with E-state index in [4.69, 9.17) is 9.72 Å². The number of para-hydroxylation sites is 1. The molecule has 180 valence electrons. The van der Waals surface area contributed by atoms with Crippen LogP contribution in [0, 0.1) is 5.41 Å². The third-order valence-electron chi connectivity index (χ3n) is 6.02. The Bertz CT molecular complexity index is 1240. The topological polar surface area (TPSA) is 77.3 Å². The number of aromatic nitrogens is 3. The second-order valence-corrected chi connectivity index (χ2v) is 16.8. The van der Waals surface area contributed by atoms with Gasteiger partial charge in [-0.1, -0.05) is 58.6 Å². The van der Waals surface area contributed by atoms with Crippen LogP contribution in [-0.2, 0) is 22.7 Å². The monoisotopic (exact) mass is 478 g/mol. The van der Waals surface area contributed by atoms with Gasteiger partial charge < -0.3 is 9.30 Å². The second-order valence-electron chi connectivity index (χ2n) is 11.2. The lowest BCUT2D eigenvalue weighted by Crippen LogP contribution is -2.31. The molecule has 0 saturated carbocycles. The number of hydrogen-bond acceptors (Lipinski definition) is 5. The maximum atomic E-state index is 13.3. The number of benzene rings is 1. The van der Waals surface area contributed by atoms with Gasteiger partial charge in [0.2, 0.25) is 5.91 Å². The van der Waals surface area contributed by atoms with E-state index >= 15 is 0 Å². The fourth-order valence-corrected chi connectivity index (χ4v) is 4.80.